The minimum atomic E-state index is -1.12. The Hall–Kier alpha value is -5.56. The molecule has 0 radical (unpaired) electrons. The fraction of sp³-hybridized carbons (Fsp3) is 0.200. The molecule has 6 aromatic rings. The number of benzene rings is 2. The van der Waals surface area contributed by atoms with Crippen LogP contribution in [-0.2, 0) is 4.79 Å². The highest BCUT2D eigenvalue weighted by atomic mass is 16.5. The molecule has 13 nitrogen and oxygen atoms in total. The van der Waals surface area contributed by atoms with Gasteiger partial charge in [-0.1, -0.05) is 12.1 Å². The third kappa shape index (κ3) is 4.85. The van der Waals surface area contributed by atoms with Crippen molar-refractivity contribution in [3.8, 4) is 11.6 Å². The van der Waals surface area contributed by atoms with E-state index in [1.54, 1.807) is 41.2 Å². The number of aromatic nitrogens is 6. The quantitative estimate of drug-likeness (QED) is 0.289. The number of carboxylic acid groups (broad SMARTS) is 1. The smallest absolute Gasteiger partial charge is 0.341 e. The van der Waals surface area contributed by atoms with Gasteiger partial charge in [-0.05, 0) is 55.6 Å². The molecule has 0 amide bonds. The molecule has 0 aliphatic carbocycles. The largest absolute Gasteiger partial charge is 0.481 e. The van der Waals surface area contributed by atoms with Gasteiger partial charge < -0.3 is 25.0 Å². The van der Waals surface area contributed by atoms with Crippen molar-refractivity contribution in [3.63, 3.8) is 0 Å². The average molecular weight is 578 g/mol. The highest BCUT2D eigenvalue weighted by Gasteiger charge is 2.22. The van der Waals surface area contributed by atoms with Gasteiger partial charge in [0.05, 0.1) is 10.9 Å². The lowest BCUT2D eigenvalue weighted by Gasteiger charge is -2.34. The van der Waals surface area contributed by atoms with Crippen molar-refractivity contribution in [2.75, 3.05) is 50.1 Å². The first kappa shape index (κ1) is 26.3. The lowest BCUT2D eigenvalue weighted by molar-refractivity contribution is -0.139. The molecule has 0 spiro atoms. The summed E-state index contributed by atoms with van der Waals surface area (Å²) in [7, 11) is 2.13. The topological polar surface area (TPSA) is 143 Å². The van der Waals surface area contributed by atoms with Gasteiger partial charge in [-0.15, -0.1) is 0 Å². The predicted octanol–water partition coefficient (Wildman–Crippen LogP) is 2.94. The number of pyridine rings is 1. The first-order chi connectivity index (χ1) is 21.0. The van der Waals surface area contributed by atoms with Crippen LogP contribution in [0.25, 0.3) is 33.4 Å². The minimum Gasteiger partial charge on any atom is -0.481 e. The van der Waals surface area contributed by atoms with Crippen molar-refractivity contribution in [1.29, 1.82) is 0 Å². The molecule has 4 aromatic heterocycles. The summed E-state index contributed by atoms with van der Waals surface area (Å²) in [6, 6.07) is 18.6. The highest BCUT2D eigenvalue weighted by Crippen LogP contribution is 2.32. The molecule has 1 saturated heterocycles. The average Bonchev–Trinajstić information content (AvgIpc) is 3.36. The minimum absolute atomic E-state index is 0.185. The van der Waals surface area contributed by atoms with Gasteiger partial charge in [-0.2, -0.15) is 9.50 Å². The summed E-state index contributed by atoms with van der Waals surface area (Å²) in [5.41, 5.74) is 2.54. The van der Waals surface area contributed by atoms with E-state index in [2.05, 4.69) is 49.2 Å². The normalized spacial score (nSPS) is 14.0. The Bertz CT molecular complexity index is 2030. The number of hydrogen-bond donors (Lipinski definition) is 2. The summed E-state index contributed by atoms with van der Waals surface area (Å²) < 4.78 is 8.62. The molecule has 0 atom stereocenters. The van der Waals surface area contributed by atoms with E-state index in [1.807, 2.05) is 18.2 Å². The monoisotopic (exact) mass is 577 g/mol. The first-order valence-electron chi connectivity index (χ1n) is 13.8. The summed E-state index contributed by atoms with van der Waals surface area (Å²) in [5.74, 6) is -0.0977. The lowest BCUT2D eigenvalue weighted by atomic mass is 10.2. The van der Waals surface area contributed by atoms with Crippen LogP contribution in [0.5, 0.6) is 5.75 Å². The van der Waals surface area contributed by atoms with Crippen LogP contribution in [0.3, 0.4) is 0 Å². The summed E-state index contributed by atoms with van der Waals surface area (Å²) >= 11 is 0. The molecule has 216 valence electrons. The number of fused-ring (bicyclic) bond motifs is 4. The van der Waals surface area contributed by atoms with Gasteiger partial charge in [-0.3, -0.25) is 4.79 Å². The molecule has 13 heteroatoms. The zero-order valence-electron chi connectivity index (χ0n) is 23.2. The van der Waals surface area contributed by atoms with Crippen LogP contribution in [0.4, 0.5) is 17.3 Å². The fourth-order valence-electron chi connectivity index (χ4n) is 5.32. The van der Waals surface area contributed by atoms with Crippen molar-refractivity contribution in [3.05, 3.63) is 83.4 Å². The number of aliphatic carboxylic acids is 1. The number of anilines is 3. The van der Waals surface area contributed by atoms with E-state index in [0.717, 1.165) is 37.6 Å². The molecule has 0 saturated carbocycles. The Morgan fingerprint density at radius 3 is 2.53 bits per heavy atom. The third-order valence-electron chi connectivity index (χ3n) is 7.47. The van der Waals surface area contributed by atoms with Crippen molar-refractivity contribution >= 4 is 50.9 Å². The summed E-state index contributed by atoms with van der Waals surface area (Å²) in [5, 5.41) is 13.1. The maximum atomic E-state index is 13.9. The predicted molar refractivity (Wildman–Crippen MR) is 162 cm³/mol. The second-order valence-electron chi connectivity index (χ2n) is 10.3. The molecule has 43 heavy (non-hydrogen) atoms. The molecule has 1 fully saturated rings. The highest BCUT2D eigenvalue weighted by molar-refractivity contribution is 6.00. The maximum Gasteiger partial charge on any atom is 0.341 e. The van der Waals surface area contributed by atoms with Crippen molar-refractivity contribution in [1.82, 2.24) is 34.0 Å². The Morgan fingerprint density at radius 1 is 0.977 bits per heavy atom. The van der Waals surface area contributed by atoms with E-state index in [0.29, 0.717) is 16.7 Å². The number of piperazine rings is 1. The summed E-state index contributed by atoms with van der Waals surface area (Å²) in [4.78, 5) is 48.1. The van der Waals surface area contributed by atoms with Gasteiger partial charge in [0.2, 0.25) is 5.95 Å². The first-order valence-corrected chi connectivity index (χ1v) is 13.8. The number of hydrogen-bond acceptors (Lipinski definition) is 10. The number of nitrogens with one attached hydrogen (secondary N) is 1. The Kier molecular flexibility index (Phi) is 6.55. The zero-order chi connectivity index (χ0) is 29.5. The van der Waals surface area contributed by atoms with E-state index in [4.69, 9.17) is 9.72 Å². The van der Waals surface area contributed by atoms with E-state index in [9.17, 15) is 14.7 Å². The number of ether oxygens (including phenoxy) is 1. The van der Waals surface area contributed by atoms with Crippen molar-refractivity contribution in [2.24, 2.45) is 0 Å². The van der Waals surface area contributed by atoms with Crippen LogP contribution in [0.15, 0.2) is 77.9 Å². The Labute approximate surface area is 244 Å². The second kappa shape index (κ2) is 10.7. The summed E-state index contributed by atoms with van der Waals surface area (Å²) in [6.07, 6.45) is 3.07. The van der Waals surface area contributed by atoms with Gasteiger partial charge in [0.15, 0.2) is 23.7 Å². The number of likely N-dealkylation sites (N-methyl/N-ethyl adjacent to an activating group) is 1. The second-order valence-corrected chi connectivity index (χ2v) is 10.3. The Balaban J connectivity index is 1.32. The molecule has 1 aliphatic heterocycles. The van der Waals surface area contributed by atoms with Gasteiger partial charge in [0, 0.05) is 49.9 Å². The van der Waals surface area contributed by atoms with Gasteiger partial charge in [0.25, 0.3) is 5.56 Å². The van der Waals surface area contributed by atoms with Crippen LogP contribution in [0, 0.1) is 0 Å². The van der Waals surface area contributed by atoms with Crippen LogP contribution >= 0.6 is 0 Å². The molecule has 1 aliphatic rings. The number of carboxylic acids is 1. The molecule has 0 bridgehead atoms. The lowest BCUT2D eigenvalue weighted by Crippen LogP contribution is -2.44. The van der Waals surface area contributed by atoms with Gasteiger partial charge in [-0.25, -0.2) is 24.4 Å². The van der Waals surface area contributed by atoms with E-state index < -0.39 is 18.1 Å². The van der Waals surface area contributed by atoms with Gasteiger partial charge in [0.1, 0.15) is 11.1 Å². The molecular weight excluding hydrogens is 550 g/mol. The SMILES string of the molecule is CN1CCN(c2ccc(Nc3ncc4c(=O)n5c(nc4n3)c3c(OCC(=O)O)cccc3n5-c3ccccn3)cc2)CC1. The molecule has 2 N–H and O–H groups in total. The number of carbonyl (C=O) groups is 1. The van der Waals surface area contributed by atoms with E-state index in [-0.39, 0.29) is 28.4 Å². The third-order valence-corrected chi connectivity index (χ3v) is 7.47. The van der Waals surface area contributed by atoms with E-state index >= 15 is 0 Å². The van der Waals surface area contributed by atoms with Crippen LogP contribution in [0.1, 0.15) is 0 Å². The van der Waals surface area contributed by atoms with Gasteiger partial charge >= 0.3 is 5.97 Å². The molecular formula is C30H27N9O4. The molecule has 5 heterocycles. The standard InChI is InChI=1S/C30H27N9O4/c1-36-13-15-37(16-14-36)20-10-8-19(9-11-20)33-30-32-17-21-27(35-30)34-28-26-22(5-4-6-23(26)43-18-25(40)41)38(39(28)29(21)42)24-7-2-3-12-31-24/h2-12,17H,13-16,18H2,1H3,(H,40,41)(H,32,33,35). The van der Waals surface area contributed by atoms with Crippen LogP contribution in [0.2, 0.25) is 0 Å². The Morgan fingerprint density at radius 2 is 1.79 bits per heavy atom. The molecule has 0 unspecified atom stereocenters. The van der Waals surface area contributed by atoms with Crippen molar-refractivity contribution in [2.45, 2.75) is 0 Å². The van der Waals surface area contributed by atoms with Crippen LogP contribution in [-0.4, -0.2) is 84.9 Å². The van der Waals surface area contributed by atoms with E-state index in [1.165, 1.54) is 10.7 Å². The summed E-state index contributed by atoms with van der Waals surface area (Å²) in [6.45, 7) is 3.46. The molecule has 2 aromatic carbocycles. The number of nitrogens with zero attached hydrogens (tertiary/aromatic N) is 8. The van der Waals surface area contributed by atoms with Crippen molar-refractivity contribution < 1.29 is 14.6 Å². The fourth-order valence-corrected chi connectivity index (χ4v) is 5.32. The molecule has 7 rings (SSSR count). The maximum absolute atomic E-state index is 13.9. The number of rotatable bonds is 7. The van der Waals surface area contributed by atoms with Crippen LogP contribution < -0.4 is 20.5 Å². The zero-order valence-corrected chi connectivity index (χ0v) is 23.2.